The number of carbonyl (C=O) groups is 1. The monoisotopic (exact) mass is 398 g/mol. The minimum absolute atomic E-state index is 0.186. The fourth-order valence-electron chi connectivity index (χ4n) is 3.42. The number of fused-ring (bicyclic) bond motifs is 2. The van der Waals surface area contributed by atoms with Gasteiger partial charge in [-0.1, -0.05) is 12.2 Å². The molecule has 4 aromatic rings. The Hall–Kier alpha value is -4.19. The molecule has 0 fully saturated rings. The number of carboxylic acid groups (broad SMARTS) is 1. The van der Waals surface area contributed by atoms with Gasteiger partial charge in [-0.05, 0) is 54.6 Å². The zero-order chi connectivity index (χ0) is 20.7. The SMILES string of the molecule is O=C(O)c1ccc2nc(-c3cc4ccc(F)cc4o3)c(N3C=CC=CC=C3)cc2c1. The maximum absolute atomic E-state index is 13.6. The molecule has 5 nitrogen and oxygen atoms in total. The van der Waals surface area contributed by atoms with Gasteiger partial charge in [0.15, 0.2) is 5.76 Å². The topological polar surface area (TPSA) is 66.6 Å². The van der Waals surface area contributed by atoms with Gasteiger partial charge in [-0.3, -0.25) is 0 Å². The normalized spacial score (nSPS) is 13.3. The van der Waals surface area contributed by atoms with Crippen molar-refractivity contribution in [3.63, 3.8) is 0 Å². The van der Waals surface area contributed by atoms with Gasteiger partial charge >= 0.3 is 5.97 Å². The summed E-state index contributed by atoms with van der Waals surface area (Å²) in [5.74, 6) is -0.879. The van der Waals surface area contributed by atoms with Gasteiger partial charge in [0.25, 0.3) is 0 Å². The third kappa shape index (κ3) is 3.14. The van der Waals surface area contributed by atoms with E-state index in [0.29, 0.717) is 33.6 Å². The van der Waals surface area contributed by atoms with Gasteiger partial charge in [-0.15, -0.1) is 0 Å². The molecule has 6 heteroatoms. The molecule has 1 aliphatic heterocycles. The van der Waals surface area contributed by atoms with Gasteiger partial charge in [0.2, 0.25) is 0 Å². The highest BCUT2D eigenvalue weighted by Crippen LogP contribution is 2.36. The number of hydrogen-bond acceptors (Lipinski definition) is 4. The number of furan rings is 1. The van der Waals surface area contributed by atoms with E-state index in [1.54, 1.807) is 18.2 Å². The highest BCUT2D eigenvalue weighted by atomic mass is 19.1. The first-order valence-electron chi connectivity index (χ1n) is 9.26. The van der Waals surface area contributed by atoms with E-state index >= 15 is 0 Å². The van der Waals surface area contributed by atoms with Gasteiger partial charge in [0.1, 0.15) is 17.1 Å². The van der Waals surface area contributed by atoms with Gasteiger partial charge in [0.05, 0.1) is 16.8 Å². The summed E-state index contributed by atoms with van der Waals surface area (Å²) >= 11 is 0. The molecule has 0 spiro atoms. The van der Waals surface area contributed by atoms with E-state index in [0.717, 1.165) is 5.39 Å². The Morgan fingerprint density at radius 2 is 1.73 bits per heavy atom. The molecule has 0 bridgehead atoms. The second kappa shape index (κ2) is 7.00. The summed E-state index contributed by atoms with van der Waals surface area (Å²) in [6, 6.07) is 12.9. The average Bonchev–Trinajstić information content (AvgIpc) is 2.97. The van der Waals surface area contributed by atoms with Crippen LogP contribution in [0.3, 0.4) is 0 Å². The maximum atomic E-state index is 13.6. The van der Waals surface area contributed by atoms with Crippen LogP contribution in [0.1, 0.15) is 10.4 Å². The number of rotatable bonds is 3. The largest absolute Gasteiger partial charge is 0.478 e. The van der Waals surface area contributed by atoms with Crippen LogP contribution in [0.15, 0.2) is 89.7 Å². The minimum atomic E-state index is -0.999. The third-order valence-electron chi connectivity index (χ3n) is 4.86. The van der Waals surface area contributed by atoms with Crippen LogP contribution in [-0.4, -0.2) is 16.1 Å². The van der Waals surface area contributed by atoms with Crippen molar-refractivity contribution in [3.05, 3.63) is 96.6 Å². The van der Waals surface area contributed by atoms with Crippen LogP contribution in [0.5, 0.6) is 0 Å². The first kappa shape index (κ1) is 17.9. The molecular formula is C24H15FN2O3. The molecule has 0 aliphatic carbocycles. The Balaban J connectivity index is 1.76. The van der Waals surface area contributed by atoms with Crippen molar-refractivity contribution < 1.29 is 18.7 Å². The fourth-order valence-corrected chi connectivity index (χ4v) is 3.42. The minimum Gasteiger partial charge on any atom is -0.478 e. The predicted octanol–water partition coefficient (Wildman–Crippen LogP) is 5.89. The third-order valence-corrected chi connectivity index (χ3v) is 4.86. The van der Waals surface area contributed by atoms with Crippen molar-refractivity contribution >= 4 is 33.5 Å². The molecule has 2 aromatic heterocycles. The molecule has 0 saturated heterocycles. The molecular weight excluding hydrogens is 383 g/mol. The molecule has 1 N–H and O–H groups in total. The molecule has 146 valence electrons. The van der Waals surface area contributed by atoms with Crippen LogP contribution in [0.2, 0.25) is 0 Å². The first-order chi connectivity index (χ1) is 14.6. The molecule has 0 saturated carbocycles. The van der Waals surface area contributed by atoms with E-state index in [1.807, 2.05) is 53.7 Å². The van der Waals surface area contributed by atoms with E-state index in [4.69, 9.17) is 9.40 Å². The lowest BCUT2D eigenvalue weighted by molar-refractivity contribution is 0.0697. The Labute approximate surface area is 170 Å². The maximum Gasteiger partial charge on any atom is 0.335 e. The summed E-state index contributed by atoms with van der Waals surface area (Å²) in [7, 11) is 0. The van der Waals surface area contributed by atoms with E-state index in [9.17, 15) is 14.3 Å². The van der Waals surface area contributed by atoms with Crippen molar-refractivity contribution in [2.24, 2.45) is 0 Å². The molecule has 1 aliphatic rings. The van der Waals surface area contributed by atoms with E-state index < -0.39 is 5.97 Å². The van der Waals surface area contributed by atoms with Gasteiger partial charge in [0, 0.05) is 29.2 Å². The molecule has 3 heterocycles. The van der Waals surface area contributed by atoms with Crippen molar-refractivity contribution in [2.75, 3.05) is 4.90 Å². The molecule has 2 aromatic carbocycles. The number of pyridine rings is 1. The van der Waals surface area contributed by atoms with Gasteiger partial charge < -0.3 is 14.4 Å². The van der Waals surface area contributed by atoms with Crippen LogP contribution < -0.4 is 4.90 Å². The number of carboxylic acids is 1. The van der Waals surface area contributed by atoms with Crippen LogP contribution in [0, 0.1) is 5.82 Å². The number of allylic oxidation sites excluding steroid dienone is 4. The number of halogens is 1. The van der Waals surface area contributed by atoms with Gasteiger partial charge in [-0.2, -0.15) is 0 Å². The highest BCUT2D eigenvalue weighted by Gasteiger charge is 2.18. The van der Waals surface area contributed by atoms with Crippen LogP contribution in [0.25, 0.3) is 33.3 Å². The van der Waals surface area contributed by atoms with Crippen molar-refractivity contribution in [3.8, 4) is 11.5 Å². The van der Waals surface area contributed by atoms with E-state index in [1.165, 1.54) is 18.2 Å². The molecule has 5 rings (SSSR count). The van der Waals surface area contributed by atoms with E-state index in [2.05, 4.69) is 0 Å². The van der Waals surface area contributed by atoms with Crippen LogP contribution in [-0.2, 0) is 0 Å². The van der Waals surface area contributed by atoms with E-state index in [-0.39, 0.29) is 11.4 Å². The van der Waals surface area contributed by atoms with Crippen molar-refractivity contribution in [1.82, 2.24) is 4.98 Å². The second-order valence-electron chi connectivity index (χ2n) is 6.84. The Morgan fingerprint density at radius 3 is 2.50 bits per heavy atom. The average molecular weight is 398 g/mol. The standard InChI is InChI=1S/C24H15FN2O3/c25-18-7-5-15-13-22(30-21(15)14-18)23-20(27-9-3-1-2-4-10-27)12-17-11-16(24(28)29)6-8-19(17)26-23/h1-14H,(H,28,29). The lowest BCUT2D eigenvalue weighted by Crippen LogP contribution is -2.09. The summed E-state index contributed by atoms with van der Waals surface area (Å²) in [6.45, 7) is 0. The Bertz CT molecular complexity index is 1380. The zero-order valence-electron chi connectivity index (χ0n) is 15.6. The summed E-state index contributed by atoms with van der Waals surface area (Å²) in [5.41, 5.74) is 2.53. The lowest BCUT2D eigenvalue weighted by Gasteiger charge is -2.18. The lowest BCUT2D eigenvalue weighted by atomic mass is 10.1. The molecule has 30 heavy (non-hydrogen) atoms. The number of benzene rings is 2. The van der Waals surface area contributed by atoms with Crippen molar-refractivity contribution in [2.45, 2.75) is 0 Å². The van der Waals surface area contributed by atoms with Crippen LogP contribution >= 0.6 is 0 Å². The molecule has 0 radical (unpaired) electrons. The summed E-state index contributed by atoms with van der Waals surface area (Å²) in [4.78, 5) is 18.0. The smallest absolute Gasteiger partial charge is 0.335 e. The summed E-state index contributed by atoms with van der Waals surface area (Å²) in [5, 5.41) is 10.8. The molecule has 0 unspecified atom stereocenters. The molecule has 0 atom stereocenters. The summed E-state index contributed by atoms with van der Waals surface area (Å²) in [6.07, 6.45) is 11.3. The quantitative estimate of drug-likeness (QED) is 0.466. The highest BCUT2D eigenvalue weighted by molar-refractivity contribution is 5.96. The van der Waals surface area contributed by atoms with Crippen LogP contribution in [0.4, 0.5) is 10.1 Å². The Kier molecular flexibility index (Phi) is 4.17. The number of nitrogens with zero attached hydrogens (tertiary/aromatic N) is 2. The second-order valence-corrected chi connectivity index (χ2v) is 6.84. The molecule has 0 amide bonds. The van der Waals surface area contributed by atoms with Crippen molar-refractivity contribution in [1.29, 1.82) is 0 Å². The fraction of sp³-hybridized carbons (Fsp3) is 0. The zero-order valence-corrected chi connectivity index (χ0v) is 15.6. The van der Waals surface area contributed by atoms with Gasteiger partial charge in [-0.25, -0.2) is 14.2 Å². The number of aromatic nitrogens is 1. The number of aromatic carboxylic acids is 1. The number of anilines is 1. The summed E-state index contributed by atoms with van der Waals surface area (Å²) < 4.78 is 19.5. The Morgan fingerprint density at radius 1 is 0.933 bits per heavy atom. The predicted molar refractivity (Wildman–Crippen MR) is 114 cm³/mol. The first-order valence-corrected chi connectivity index (χ1v) is 9.26. The number of hydrogen-bond donors (Lipinski definition) is 1.